The fourth-order valence-electron chi connectivity index (χ4n) is 3.77. The van der Waals surface area contributed by atoms with Crippen LogP contribution in [0.25, 0.3) is 0 Å². The molecule has 2 aliphatic carbocycles. The van der Waals surface area contributed by atoms with Crippen molar-refractivity contribution in [3.05, 3.63) is 23.8 Å². The Morgan fingerprint density at radius 1 is 1.29 bits per heavy atom. The van der Waals surface area contributed by atoms with Crippen molar-refractivity contribution < 1.29 is 9.47 Å². The highest BCUT2D eigenvalue weighted by atomic mass is 35.5. The molecule has 0 spiro atoms. The Morgan fingerprint density at radius 3 is 2.86 bits per heavy atom. The average Bonchev–Trinajstić information content (AvgIpc) is 3.14. The van der Waals surface area contributed by atoms with E-state index < -0.39 is 0 Å². The number of hydrogen-bond donors (Lipinski definition) is 0. The first-order valence-corrected chi connectivity index (χ1v) is 8.19. The third-order valence-electron chi connectivity index (χ3n) is 4.81. The molecule has 3 atom stereocenters. The third kappa shape index (κ3) is 3.30. The van der Waals surface area contributed by atoms with Crippen LogP contribution in [-0.4, -0.2) is 19.6 Å². The van der Waals surface area contributed by atoms with Crippen LogP contribution in [0.15, 0.2) is 18.2 Å². The minimum atomic E-state index is 0.322. The van der Waals surface area contributed by atoms with E-state index in [2.05, 4.69) is 11.8 Å². The van der Waals surface area contributed by atoms with Crippen LogP contribution >= 0.6 is 11.6 Å². The molecule has 3 heteroatoms. The summed E-state index contributed by atoms with van der Waals surface area (Å²) in [6.07, 6.45) is 5.56. The van der Waals surface area contributed by atoms with Gasteiger partial charge in [-0.25, -0.2) is 0 Å². The first kappa shape index (κ1) is 14.6. The van der Waals surface area contributed by atoms with Gasteiger partial charge in [-0.3, -0.25) is 0 Å². The molecule has 0 amide bonds. The zero-order valence-corrected chi connectivity index (χ0v) is 13.2. The fourth-order valence-corrected chi connectivity index (χ4v) is 3.83. The molecule has 0 aromatic heterocycles. The lowest BCUT2D eigenvalue weighted by atomic mass is 9.89. The van der Waals surface area contributed by atoms with E-state index in [4.69, 9.17) is 21.1 Å². The summed E-state index contributed by atoms with van der Waals surface area (Å²) in [5, 5.41) is 0. The lowest BCUT2D eigenvalue weighted by Crippen LogP contribution is -2.18. The molecule has 112 valence electrons. The summed E-state index contributed by atoms with van der Waals surface area (Å²) < 4.78 is 11.3. The topological polar surface area (TPSA) is 18.5 Å². The molecule has 1 aromatic carbocycles. The van der Waals surface area contributed by atoms with Crippen LogP contribution in [0.4, 0.5) is 0 Å². The number of hydrogen-bond acceptors (Lipinski definition) is 2. The van der Waals surface area contributed by atoms with Crippen molar-refractivity contribution in [3.8, 4) is 23.3 Å². The number of halogens is 1. The van der Waals surface area contributed by atoms with E-state index in [1.165, 1.54) is 25.7 Å². The summed E-state index contributed by atoms with van der Waals surface area (Å²) >= 11 is 5.66. The monoisotopic (exact) mass is 304 g/mol. The van der Waals surface area contributed by atoms with Crippen molar-refractivity contribution in [2.45, 2.75) is 25.7 Å². The molecular weight excluding hydrogens is 284 g/mol. The molecule has 2 fully saturated rings. The van der Waals surface area contributed by atoms with E-state index in [1.54, 1.807) is 7.11 Å². The molecule has 21 heavy (non-hydrogen) atoms. The predicted octanol–water partition coefficient (Wildman–Crippen LogP) is 4.10. The number of methoxy groups -OCH3 is 1. The van der Waals surface area contributed by atoms with Gasteiger partial charge in [0.2, 0.25) is 0 Å². The van der Waals surface area contributed by atoms with E-state index in [1.807, 2.05) is 18.2 Å². The zero-order chi connectivity index (χ0) is 14.7. The highest BCUT2D eigenvalue weighted by Crippen LogP contribution is 2.48. The van der Waals surface area contributed by atoms with Gasteiger partial charge in [-0.1, -0.05) is 18.3 Å². The van der Waals surface area contributed by atoms with Crippen LogP contribution < -0.4 is 9.47 Å². The lowest BCUT2D eigenvalue weighted by molar-refractivity contribution is 0.195. The third-order valence-corrected chi connectivity index (χ3v) is 4.95. The van der Waals surface area contributed by atoms with E-state index in [0.29, 0.717) is 5.88 Å². The summed E-state index contributed by atoms with van der Waals surface area (Å²) in [6.45, 7) is 0.809. The van der Waals surface area contributed by atoms with Crippen LogP contribution in [0.1, 0.15) is 31.2 Å². The fraction of sp³-hybridized carbons (Fsp3) is 0.556. The van der Waals surface area contributed by atoms with Crippen molar-refractivity contribution in [2.75, 3.05) is 19.6 Å². The predicted molar refractivity (Wildman–Crippen MR) is 85.0 cm³/mol. The maximum atomic E-state index is 6.07. The van der Waals surface area contributed by atoms with Gasteiger partial charge in [0.1, 0.15) is 11.5 Å². The summed E-state index contributed by atoms with van der Waals surface area (Å²) in [4.78, 5) is 0. The SMILES string of the molecule is COc1ccc(OCC2CC3CCC2C3)c(C#CCCl)c1. The Bertz CT molecular complexity index is 558. The van der Waals surface area contributed by atoms with E-state index in [0.717, 1.165) is 41.4 Å². The van der Waals surface area contributed by atoms with Gasteiger partial charge in [0, 0.05) is 0 Å². The summed E-state index contributed by atoms with van der Waals surface area (Å²) in [6, 6.07) is 5.78. The summed E-state index contributed by atoms with van der Waals surface area (Å²) in [5.74, 6) is 10.5. The van der Waals surface area contributed by atoms with Crippen molar-refractivity contribution >= 4 is 11.6 Å². The molecule has 0 aliphatic heterocycles. The normalized spacial score (nSPS) is 26.3. The zero-order valence-electron chi connectivity index (χ0n) is 12.4. The molecule has 0 radical (unpaired) electrons. The molecule has 3 unspecified atom stereocenters. The van der Waals surface area contributed by atoms with E-state index >= 15 is 0 Å². The maximum absolute atomic E-state index is 6.07. The highest BCUT2D eigenvalue weighted by Gasteiger charge is 2.39. The van der Waals surface area contributed by atoms with E-state index in [-0.39, 0.29) is 0 Å². The Morgan fingerprint density at radius 2 is 2.19 bits per heavy atom. The molecule has 2 bridgehead atoms. The quantitative estimate of drug-likeness (QED) is 0.616. The molecule has 0 heterocycles. The molecule has 3 rings (SSSR count). The van der Waals surface area contributed by atoms with Crippen LogP contribution in [0, 0.1) is 29.6 Å². The molecule has 0 N–H and O–H groups in total. The van der Waals surface area contributed by atoms with Gasteiger partial charge in [-0.15, -0.1) is 11.6 Å². The maximum Gasteiger partial charge on any atom is 0.135 e. The van der Waals surface area contributed by atoms with E-state index in [9.17, 15) is 0 Å². The number of benzene rings is 1. The minimum Gasteiger partial charge on any atom is -0.497 e. The average molecular weight is 305 g/mol. The Balaban J connectivity index is 1.69. The first-order valence-electron chi connectivity index (χ1n) is 7.66. The van der Waals surface area contributed by atoms with Crippen LogP contribution in [0.3, 0.4) is 0 Å². The molecule has 2 saturated carbocycles. The van der Waals surface area contributed by atoms with Gasteiger partial charge in [0.15, 0.2) is 0 Å². The molecule has 1 aromatic rings. The van der Waals surface area contributed by atoms with Crippen molar-refractivity contribution in [1.82, 2.24) is 0 Å². The second-order valence-electron chi connectivity index (χ2n) is 6.04. The number of rotatable bonds is 4. The Labute approximate surface area is 131 Å². The van der Waals surface area contributed by atoms with Crippen molar-refractivity contribution in [1.29, 1.82) is 0 Å². The van der Waals surface area contributed by atoms with Crippen LogP contribution in [0.2, 0.25) is 0 Å². The molecule has 2 aliphatic rings. The number of fused-ring (bicyclic) bond motifs is 2. The largest absolute Gasteiger partial charge is 0.497 e. The highest BCUT2D eigenvalue weighted by molar-refractivity contribution is 6.19. The number of alkyl halides is 1. The Kier molecular flexibility index (Phi) is 4.60. The van der Waals surface area contributed by atoms with Gasteiger partial charge in [0.05, 0.1) is 25.2 Å². The second kappa shape index (κ2) is 6.62. The number of ether oxygens (including phenoxy) is 2. The lowest BCUT2D eigenvalue weighted by Gasteiger charge is -2.22. The first-order chi connectivity index (χ1) is 10.3. The summed E-state index contributed by atoms with van der Waals surface area (Å²) in [7, 11) is 1.66. The van der Waals surface area contributed by atoms with Crippen molar-refractivity contribution in [3.63, 3.8) is 0 Å². The standard InChI is InChI=1S/C18H21ClO2/c1-20-17-6-7-18(15(11-17)3-2-8-19)21-12-16-10-13-4-5-14(16)9-13/h6-7,11,13-14,16H,4-5,8-10,12H2,1H3. The van der Waals surface area contributed by atoms with Crippen molar-refractivity contribution in [2.24, 2.45) is 17.8 Å². The van der Waals surface area contributed by atoms with Crippen LogP contribution in [-0.2, 0) is 0 Å². The molecular formula is C18H21ClO2. The Hall–Kier alpha value is -1.33. The summed E-state index contributed by atoms with van der Waals surface area (Å²) in [5.41, 5.74) is 0.859. The van der Waals surface area contributed by atoms with Gasteiger partial charge < -0.3 is 9.47 Å². The van der Waals surface area contributed by atoms with Gasteiger partial charge in [0.25, 0.3) is 0 Å². The minimum absolute atomic E-state index is 0.322. The molecule has 2 nitrogen and oxygen atoms in total. The molecule has 0 saturated heterocycles. The van der Waals surface area contributed by atoms with Crippen LogP contribution in [0.5, 0.6) is 11.5 Å². The second-order valence-corrected chi connectivity index (χ2v) is 6.31. The smallest absolute Gasteiger partial charge is 0.135 e. The van der Waals surface area contributed by atoms with Gasteiger partial charge in [-0.05, 0) is 55.2 Å². The van der Waals surface area contributed by atoms with Gasteiger partial charge in [-0.2, -0.15) is 0 Å². The van der Waals surface area contributed by atoms with Gasteiger partial charge >= 0.3 is 0 Å².